The normalized spacial score (nSPS) is 16.6. The first-order valence-corrected chi connectivity index (χ1v) is 14.6. The van der Waals surface area contributed by atoms with Gasteiger partial charge in [0.15, 0.2) is 5.78 Å². The van der Waals surface area contributed by atoms with Crippen LogP contribution in [0.15, 0.2) is 78.9 Å². The molecule has 0 radical (unpaired) electrons. The Balaban J connectivity index is 1.11. The number of Topliss-reactive ketones (excluding diaryl/α,β-unsaturated/α-hetero) is 1. The van der Waals surface area contributed by atoms with Crippen LogP contribution in [0.3, 0.4) is 0 Å². The van der Waals surface area contributed by atoms with Crippen LogP contribution in [0, 0.1) is 11.3 Å². The predicted octanol–water partition coefficient (Wildman–Crippen LogP) is 5.53. The Morgan fingerprint density at radius 3 is 2.27 bits per heavy atom. The van der Waals surface area contributed by atoms with E-state index in [1.807, 2.05) is 30.3 Å². The first-order chi connectivity index (χ1) is 19.9. The van der Waals surface area contributed by atoms with Crippen molar-refractivity contribution in [1.29, 1.82) is 0 Å². The Morgan fingerprint density at radius 2 is 1.59 bits per heavy atom. The maximum Gasteiger partial charge on any atom is 0.326 e. The van der Waals surface area contributed by atoms with Crippen molar-refractivity contribution < 1.29 is 24.2 Å². The zero-order chi connectivity index (χ0) is 28.7. The average Bonchev–Trinajstić information content (AvgIpc) is 3.58. The number of carbonyl (C=O) groups is 3. The largest absolute Gasteiger partial charge is 0.492 e. The summed E-state index contributed by atoms with van der Waals surface area (Å²) in [5, 5.41) is 16.4. The molecule has 0 heterocycles. The Morgan fingerprint density at radius 1 is 0.902 bits per heavy atom. The number of aliphatic carboxylic acids is 1. The number of anilines is 1. The van der Waals surface area contributed by atoms with Crippen LogP contribution in [0.2, 0.25) is 0 Å². The molecule has 3 aromatic rings. The summed E-state index contributed by atoms with van der Waals surface area (Å²) in [5.41, 5.74) is 2.16. The molecule has 1 unspecified atom stereocenters. The maximum atomic E-state index is 13.1. The lowest BCUT2D eigenvalue weighted by Gasteiger charge is -2.19. The molecule has 0 bridgehead atoms. The number of carboxylic acids is 1. The quantitative estimate of drug-likeness (QED) is 0.168. The van der Waals surface area contributed by atoms with E-state index in [4.69, 9.17) is 4.74 Å². The number of ketones is 2. The second-order valence-corrected chi connectivity index (χ2v) is 11.3. The number of carbonyl (C=O) groups excluding carboxylic acids is 2. The third-order valence-corrected chi connectivity index (χ3v) is 8.31. The van der Waals surface area contributed by atoms with Crippen LogP contribution in [0.4, 0.5) is 5.69 Å². The van der Waals surface area contributed by atoms with E-state index < -0.39 is 12.0 Å². The molecule has 7 heteroatoms. The van der Waals surface area contributed by atoms with Gasteiger partial charge in [0, 0.05) is 47.7 Å². The van der Waals surface area contributed by atoms with Crippen LogP contribution < -0.4 is 15.4 Å². The molecule has 2 aliphatic rings. The first kappa shape index (κ1) is 28.6. The topological polar surface area (TPSA) is 105 Å². The van der Waals surface area contributed by atoms with Crippen molar-refractivity contribution >= 4 is 23.2 Å². The van der Waals surface area contributed by atoms with Crippen molar-refractivity contribution in [1.82, 2.24) is 5.32 Å². The van der Waals surface area contributed by atoms with Gasteiger partial charge in [0.1, 0.15) is 24.2 Å². The monoisotopic (exact) mass is 554 g/mol. The van der Waals surface area contributed by atoms with Crippen LogP contribution >= 0.6 is 0 Å². The lowest BCUT2D eigenvalue weighted by Crippen LogP contribution is -2.35. The fourth-order valence-electron chi connectivity index (χ4n) is 5.75. The highest BCUT2D eigenvalue weighted by Crippen LogP contribution is 2.49. The van der Waals surface area contributed by atoms with E-state index in [0.717, 1.165) is 37.8 Å². The summed E-state index contributed by atoms with van der Waals surface area (Å²) >= 11 is 0. The van der Waals surface area contributed by atoms with Gasteiger partial charge in [0.2, 0.25) is 0 Å². The van der Waals surface area contributed by atoms with Crippen molar-refractivity contribution in [2.45, 2.75) is 51.0 Å². The molecular formula is C34H38N2O5. The standard InChI is InChI=1S/C34H38N2O5/c37-31(25-8-2-1-3-9-25)28-12-6-7-13-29(28)36-30(33(39)40)22-24-14-16-27(17-15-24)41-21-20-35-23-34(18-19-34)32(38)26-10-4-5-11-26/h1-3,6-9,12-17,26,30,35-36H,4-5,10-11,18-23H2,(H,39,40). The second kappa shape index (κ2) is 13.1. The van der Waals surface area contributed by atoms with E-state index in [-0.39, 0.29) is 23.5 Å². The molecular weight excluding hydrogens is 516 g/mol. The van der Waals surface area contributed by atoms with Crippen LogP contribution in [-0.2, 0) is 16.0 Å². The summed E-state index contributed by atoms with van der Waals surface area (Å²) in [6, 6.07) is 22.4. The molecule has 214 valence electrons. The first-order valence-electron chi connectivity index (χ1n) is 14.6. The minimum absolute atomic E-state index is 0.138. The third kappa shape index (κ3) is 7.22. The Hall–Kier alpha value is -3.97. The lowest BCUT2D eigenvalue weighted by molar-refractivity contribution is -0.137. The number of carboxylic acid groups (broad SMARTS) is 1. The molecule has 2 saturated carbocycles. The van der Waals surface area contributed by atoms with Gasteiger partial charge in [-0.05, 0) is 55.5 Å². The highest BCUT2D eigenvalue weighted by molar-refractivity contribution is 6.12. The molecule has 2 fully saturated rings. The Labute approximate surface area is 241 Å². The third-order valence-electron chi connectivity index (χ3n) is 8.31. The zero-order valence-corrected chi connectivity index (χ0v) is 23.3. The predicted molar refractivity (Wildman–Crippen MR) is 159 cm³/mol. The minimum Gasteiger partial charge on any atom is -0.492 e. The van der Waals surface area contributed by atoms with Gasteiger partial charge in [-0.2, -0.15) is 0 Å². The fourth-order valence-corrected chi connectivity index (χ4v) is 5.75. The molecule has 0 saturated heterocycles. The van der Waals surface area contributed by atoms with Gasteiger partial charge in [-0.25, -0.2) is 4.79 Å². The van der Waals surface area contributed by atoms with Crippen molar-refractivity contribution in [3.63, 3.8) is 0 Å². The van der Waals surface area contributed by atoms with Gasteiger partial charge in [-0.3, -0.25) is 9.59 Å². The molecule has 3 aromatic carbocycles. The van der Waals surface area contributed by atoms with Crippen LogP contribution in [-0.4, -0.2) is 48.4 Å². The molecule has 0 spiro atoms. The number of hydrogen-bond acceptors (Lipinski definition) is 6. The molecule has 7 nitrogen and oxygen atoms in total. The van der Waals surface area contributed by atoms with Gasteiger partial charge >= 0.3 is 5.97 Å². The Bertz CT molecular complexity index is 1350. The molecule has 5 rings (SSSR count). The van der Waals surface area contributed by atoms with Crippen LogP contribution in [0.5, 0.6) is 5.75 Å². The summed E-state index contributed by atoms with van der Waals surface area (Å²) < 4.78 is 5.87. The summed E-state index contributed by atoms with van der Waals surface area (Å²) in [6.45, 7) is 1.88. The van der Waals surface area contributed by atoms with Crippen LogP contribution in [0.25, 0.3) is 0 Å². The van der Waals surface area contributed by atoms with Gasteiger partial charge in [0.05, 0.1) is 0 Å². The number of ether oxygens (including phenoxy) is 1. The smallest absolute Gasteiger partial charge is 0.326 e. The van der Waals surface area contributed by atoms with Crippen molar-refractivity contribution in [3.05, 3.63) is 95.6 Å². The van der Waals surface area contributed by atoms with Crippen LogP contribution in [0.1, 0.15) is 60.0 Å². The lowest BCUT2D eigenvalue weighted by atomic mass is 9.89. The van der Waals surface area contributed by atoms with E-state index in [9.17, 15) is 19.5 Å². The van der Waals surface area contributed by atoms with Crippen molar-refractivity contribution in [2.75, 3.05) is 25.0 Å². The van der Waals surface area contributed by atoms with E-state index in [0.29, 0.717) is 41.5 Å². The van der Waals surface area contributed by atoms with Gasteiger partial charge in [-0.15, -0.1) is 0 Å². The van der Waals surface area contributed by atoms with E-state index in [2.05, 4.69) is 10.6 Å². The molecule has 0 amide bonds. The number of hydrogen-bond donors (Lipinski definition) is 3. The maximum absolute atomic E-state index is 13.1. The molecule has 0 aromatic heterocycles. The molecule has 41 heavy (non-hydrogen) atoms. The number of benzene rings is 3. The van der Waals surface area contributed by atoms with Gasteiger partial charge in [0.25, 0.3) is 0 Å². The Kier molecular flexibility index (Phi) is 9.14. The second-order valence-electron chi connectivity index (χ2n) is 11.3. The number of nitrogens with one attached hydrogen (secondary N) is 2. The van der Waals surface area contributed by atoms with E-state index >= 15 is 0 Å². The fraction of sp³-hybridized carbons (Fsp3) is 0.382. The molecule has 2 aliphatic carbocycles. The van der Waals surface area contributed by atoms with Crippen molar-refractivity contribution in [3.8, 4) is 5.75 Å². The zero-order valence-electron chi connectivity index (χ0n) is 23.3. The molecule has 3 N–H and O–H groups in total. The van der Waals surface area contributed by atoms with Gasteiger partial charge in [-0.1, -0.05) is 67.4 Å². The van der Waals surface area contributed by atoms with Gasteiger partial charge < -0.3 is 20.5 Å². The number of para-hydroxylation sites is 1. The highest BCUT2D eigenvalue weighted by Gasteiger charge is 2.51. The summed E-state index contributed by atoms with van der Waals surface area (Å²) in [6.07, 6.45) is 6.72. The minimum atomic E-state index is -1.00. The van der Waals surface area contributed by atoms with Crippen molar-refractivity contribution in [2.24, 2.45) is 11.3 Å². The summed E-state index contributed by atoms with van der Waals surface area (Å²) in [7, 11) is 0. The summed E-state index contributed by atoms with van der Waals surface area (Å²) in [5.74, 6) is 0.285. The van der Waals surface area contributed by atoms with E-state index in [1.165, 1.54) is 12.8 Å². The van der Waals surface area contributed by atoms with E-state index in [1.54, 1.807) is 48.5 Å². The average molecular weight is 555 g/mol. The molecule has 1 atom stereocenters. The molecule has 0 aliphatic heterocycles. The number of rotatable bonds is 15. The summed E-state index contributed by atoms with van der Waals surface area (Å²) in [4.78, 5) is 38.0. The SMILES string of the molecule is O=C(c1ccccc1)c1ccccc1NC(Cc1ccc(OCCNCC2(C(=O)C3CCCC3)CC2)cc1)C(=O)O. The highest BCUT2D eigenvalue weighted by atomic mass is 16.5.